The molecule has 1 aliphatic rings. The van der Waals surface area contributed by atoms with Crippen molar-refractivity contribution in [2.24, 2.45) is 0 Å². The molecule has 0 spiro atoms. The lowest BCUT2D eigenvalue weighted by molar-refractivity contribution is 0.1000. The first kappa shape index (κ1) is 18.9. The molecule has 0 N–H and O–H groups in total. The van der Waals surface area contributed by atoms with Gasteiger partial charge in [0, 0.05) is 24.0 Å². The molecule has 1 aromatic carbocycles. The van der Waals surface area contributed by atoms with E-state index in [9.17, 15) is 0 Å². The summed E-state index contributed by atoms with van der Waals surface area (Å²) < 4.78 is 23.7. The number of thioether (sulfide) groups is 1. The highest BCUT2D eigenvalue weighted by Gasteiger charge is 2.19. The number of ether oxygens (including phenoxy) is 4. The van der Waals surface area contributed by atoms with Crippen molar-refractivity contribution in [1.82, 2.24) is 14.6 Å². The zero-order valence-corrected chi connectivity index (χ0v) is 17.0. The van der Waals surface area contributed by atoms with Crippen molar-refractivity contribution in [2.75, 3.05) is 34.5 Å². The fourth-order valence-corrected chi connectivity index (χ4v) is 4.35. The average molecular weight is 401 g/mol. The first-order chi connectivity index (χ1) is 13.7. The number of aromatic nitrogens is 3. The molecule has 0 saturated carbocycles. The molecular formula is C20H23N3O4S. The molecule has 0 bridgehead atoms. The molecule has 1 fully saturated rings. The lowest BCUT2D eigenvalue weighted by Crippen LogP contribution is -2.17. The maximum absolute atomic E-state index is 5.48. The van der Waals surface area contributed by atoms with E-state index < -0.39 is 0 Å². The largest absolute Gasteiger partial charge is 0.493 e. The van der Waals surface area contributed by atoms with Crippen LogP contribution in [0, 0.1) is 0 Å². The Hall–Kier alpha value is -2.45. The van der Waals surface area contributed by atoms with Crippen LogP contribution in [0.1, 0.15) is 12.8 Å². The lowest BCUT2D eigenvalue weighted by atomic mass is 10.1. The van der Waals surface area contributed by atoms with E-state index in [-0.39, 0.29) is 0 Å². The van der Waals surface area contributed by atoms with Gasteiger partial charge in [0.25, 0.3) is 0 Å². The van der Waals surface area contributed by atoms with Gasteiger partial charge in [0.15, 0.2) is 17.1 Å². The third kappa shape index (κ3) is 3.62. The quantitative estimate of drug-likeness (QED) is 0.624. The van der Waals surface area contributed by atoms with E-state index in [4.69, 9.17) is 24.0 Å². The van der Waals surface area contributed by atoms with Gasteiger partial charge in [-0.05, 0) is 37.1 Å². The van der Waals surface area contributed by atoms with Gasteiger partial charge in [-0.1, -0.05) is 0 Å². The minimum atomic E-state index is 0.534. The van der Waals surface area contributed by atoms with E-state index in [0.717, 1.165) is 48.0 Å². The van der Waals surface area contributed by atoms with Gasteiger partial charge >= 0.3 is 0 Å². The summed E-state index contributed by atoms with van der Waals surface area (Å²) in [5.74, 6) is 1.75. The molecule has 4 rings (SSSR count). The Morgan fingerprint density at radius 1 is 1.04 bits per heavy atom. The summed E-state index contributed by atoms with van der Waals surface area (Å²) in [6.07, 6.45) is 3.91. The zero-order valence-electron chi connectivity index (χ0n) is 16.2. The van der Waals surface area contributed by atoms with Crippen LogP contribution >= 0.6 is 11.8 Å². The first-order valence-corrected chi connectivity index (χ1v) is 10.0. The van der Waals surface area contributed by atoms with E-state index in [0.29, 0.717) is 22.5 Å². The standard InChI is InChI=1S/C20H23N3O4S/c1-24-16-10-13(11-17(25-2)20(16)26-3)15-12-21-18-4-5-19(22-23(15)18)28-14-6-8-27-9-7-14/h4-5,10-12,14H,6-9H2,1-3H3. The molecule has 0 atom stereocenters. The molecule has 1 aliphatic heterocycles. The summed E-state index contributed by atoms with van der Waals surface area (Å²) in [7, 11) is 4.81. The third-order valence-electron chi connectivity index (χ3n) is 4.75. The molecule has 1 saturated heterocycles. The minimum Gasteiger partial charge on any atom is -0.493 e. The molecule has 28 heavy (non-hydrogen) atoms. The molecule has 7 nitrogen and oxygen atoms in total. The van der Waals surface area contributed by atoms with Crippen LogP contribution in [0.15, 0.2) is 35.5 Å². The number of fused-ring (bicyclic) bond motifs is 1. The van der Waals surface area contributed by atoms with Crippen LogP contribution in [0.5, 0.6) is 17.2 Å². The van der Waals surface area contributed by atoms with Crippen molar-refractivity contribution >= 4 is 17.4 Å². The molecule has 0 unspecified atom stereocenters. The van der Waals surface area contributed by atoms with Crippen molar-refractivity contribution in [3.63, 3.8) is 0 Å². The number of methoxy groups -OCH3 is 3. The van der Waals surface area contributed by atoms with Crippen LogP contribution in [-0.4, -0.2) is 54.4 Å². The number of imidazole rings is 1. The second-order valence-electron chi connectivity index (χ2n) is 6.43. The SMILES string of the molecule is COc1cc(-c2cnc3ccc(SC4CCOCC4)nn23)cc(OC)c1OC. The van der Waals surface area contributed by atoms with Crippen molar-refractivity contribution in [2.45, 2.75) is 23.1 Å². The zero-order chi connectivity index (χ0) is 19.5. The summed E-state index contributed by atoms with van der Waals surface area (Å²) in [5.41, 5.74) is 2.55. The van der Waals surface area contributed by atoms with Gasteiger partial charge in [-0.25, -0.2) is 9.50 Å². The fraction of sp³-hybridized carbons (Fsp3) is 0.400. The first-order valence-electron chi connectivity index (χ1n) is 9.13. The molecular weight excluding hydrogens is 378 g/mol. The van der Waals surface area contributed by atoms with Crippen molar-refractivity contribution in [3.8, 4) is 28.5 Å². The Morgan fingerprint density at radius 3 is 2.39 bits per heavy atom. The molecule has 2 aromatic heterocycles. The predicted molar refractivity (Wildman–Crippen MR) is 108 cm³/mol. The van der Waals surface area contributed by atoms with Gasteiger partial charge in [-0.3, -0.25) is 0 Å². The van der Waals surface area contributed by atoms with Gasteiger partial charge in [0.2, 0.25) is 5.75 Å². The van der Waals surface area contributed by atoms with E-state index in [1.807, 2.05) is 35.0 Å². The van der Waals surface area contributed by atoms with E-state index in [1.54, 1.807) is 33.1 Å². The van der Waals surface area contributed by atoms with Crippen LogP contribution in [0.2, 0.25) is 0 Å². The topological polar surface area (TPSA) is 67.1 Å². The van der Waals surface area contributed by atoms with E-state index >= 15 is 0 Å². The van der Waals surface area contributed by atoms with Gasteiger partial charge in [-0.2, -0.15) is 5.10 Å². The van der Waals surface area contributed by atoms with Crippen molar-refractivity contribution in [3.05, 3.63) is 30.5 Å². The summed E-state index contributed by atoms with van der Waals surface area (Å²) in [4.78, 5) is 4.49. The normalized spacial score (nSPS) is 15.0. The summed E-state index contributed by atoms with van der Waals surface area (Å²) in [5, 5.41) is 6.33. The molecule has 3 aromatic rings. The van der Waals surface area contributed by atoms with Crippen LogP contribution in [0.4, 0.5) is 0 Å². The summed E-state index contributed by atoms with van der Waals surface area (Å²) in [6, 6.07) is 7.84. The van der Waals surface area contributed by atoms with Crippen LogP contribution in [0.3, 0.4) is 0 Å². The molecule has 3 heterocycles. The Balaban J connectivity index is 1.73. The lowest BCUT2D eigenvalue weighted by Gasteiger charge is -2.20. The second kappa shape index (κ2) is 8.28. The summed E-state index contributed by atoms with van der Waals surface area (Å²) >= 11 is 1.80. The number of benzene rings is 1. The molecule has 8 heteroatoms. The number of hydrogen-bond acceptors (Lipinski definition) is 7. The Bertz CT molecular complexity index is 944. The van der Waals surface area contributed by atoms with Crippen molar-refractivity contribution in [1.29, 1.82) is 0 Å². The monoisotopic (exact) mass is 401 g/mol. The average Bonchev–Trinajstić information content (AvgIpc) is 3.16. The van der Waals surface area contributed by atoms with Gasteiger partial charge < -0.3 is 18.9 Å². The highest BCUT2D eigenvalue weighted by atomic mass is 32.2. The van der Waals surface area contributed by atoms with Gasteiger partial charge in [0.05, 0.1) is 33.2 Å². The number of rotatable bonds is 6. The Kier molecular flexibility index (Phi) is 5.59. The van der Waals surface area contributed by atoms with Crippen LogP contribution in [-0.2, 0) is 4.74 Å². The Morgan fingerprint density at radius 2 is 1.75 bits per heavy atom. The maximum atomic E-state index is 5.48. The van der Waals surface area contributed by atoms with E-state index in [1.165, 1.54) is 0 Å². The molecule has 0 aliphatic carbocycles. The molecule has 0 amide bonds. The third-order valence-corrected chi connectivity index (χ3v) is 6.02. The van der Waals surface area contributed by atoms with Gasteiger partial charge in [0.1, 0.15) is 5.03 Å². The number of hydrogen-bond donors (Lipinski definition) is 0. The smallest absolute Gasteiger partial charge is 0.203 e. The van der Waals surface area contributed by atoms with Crippen LogP contribution in [0.25, 0.3) is 16.9 Å². The number of nitrogens with zero attached hydrogens (tertiary/aromatic N) is 3. The summed E-state index contributed by atoms with van der Waals surface area (Å²) in [6.45, 7) is 1.64. The molecule has 0 radical (unpaired) electrons. The fourth-order valence-electron chi connectivity index (χ4n) is 3.31. The second-order valence-corrected chi connectivity index (χ2v) is 7.75. The van der Waals surface area contributed by atoms with Crippen molar-refractivity contribution < 1.29 is 18.9 Å². The molecule has 148 valence electrons. The van der Waals surface area contributed by atoms with Crippen LogP contribution < -0.4 is 14.2 Å². The highest BCUT2D eigenvalue weighted by molar-refractivity contribution is 7.99. The highest BCUT2D eigenvalue weighted by Crippen LogP contribution is 2.41. The predicted octanol–water partition coefficient (Wildman–Crippen LogP) is 3.69. The maximum Gasteiger partial charge on any atom is 0.203 e. The van der Waals surface area contributed by atoms with Gasteiger partial charge in [-0.15, -0.1) is 11.8 Å². The minimum absolute atomic E-state index is 0.534. The van der Waals surface area contributed by atoms with E-state index in [2.05, 4.69) is 4.98 Å². The Labute approximate surface area is 168 Å².